The van der Waals surface area contributed by atoms with E-state index >= 15 is 0 Å². The van der Waals surface area contributed by atoms with Crippen LogP contribution in [0.3, 0.4) is 0 Å². The number of nitrogens with zero attached hydrogens (tertiary/aromatic N) is 6. The molecule has 1 saturated heterocycles. The molecule has 0 radical (unpaired) electrons. The molecule has 0 bridgehead atoms. The molecular weight excluding hydrogens is 591 g/mol. The van der Waals surface area contributed by atoms with Crippen LogP contribution in [0.2, 0.25) is 0 Å². The summed E-state index contributed by atoms with van der Waals surface area (Å²) in [5.74, 6) is 0. The lowest BCUT2D eigenvalue weighted by molar-refractivity contribution is -0.384. The van der Waals surface area contributed by atoms with Gasteiger partial charge in [0.05, 0.1) is 45.5 Å². The molecule has 1 unspecified atom stereocenters. The fourth-order valence-electron chi connectivity index (χ4n) is 5.91. The molecule has 0 aromatic heterocycles. The topological polar surface area (TPSA) is 86.8 Å². The predicted molar refractivity (Wildman–Crippen MR) is 165 cm³/mol. The molecule has 3 aliphatic heterocycles. The number of non-ortho nitro benzene ring substituents is 1. The van der Waals surface area contributed by atoms with Gasteiger partial charge in [-0.2, -0.15) is 5.10 Å². The van der Waals surface area contributed by atoms with Gasteiger partial charge >= 0.3 is 0 Å². The Morgan fingerprint density at radius 3 is 2.42 bits per heavy atom. The number of hydrogen-bond acceptors (Lipinski definition) is 6. The molecule has 9 nitrogen and oxygen atoms in total. The third-order valence-electron chi connectivity index (χ3n) is 7.74. The number of hydrogen-bond donors (Lipinski definition) is 0. The number of fused-ring (bicyclic) bond motifs is 1. The standard InChI is InChI=1S/C29H30BrN6O3P/c1-29(2)23-11-7-8-12-26(23)33(3)28(29)27-20-31-35(21-9-5-4-6-10-21)40(27,34-15-17-39-18-16-34)32-25-14-13-22(36(37)38)19-24(25)30/h4-14,19-20H,15-18H2,1-3H3/b28-27+. The Bertz CT molecular complexity index is 1600. The number of anilines is 2. The molecule has 0 saturated carbocycles. The smallest absolute Gasteiger partial charge is 0.270 e. The number of benzene rings is 3. The lowest BCUT2D eigenvalue weighted by atomic mass is 9.84. The van der Waals surface area contributed by atoms with Crippen molar-refractivity contribution in [1.82, 2.24) is 4.67 Å². The Hall–Kier alpha value is -3.30. The van der Waals surface area contributed by atoms with Crippen molar-refractivity contribution in [3.8, 4) is 0 Å². The Kier molecular flexibility index (Phi) is 6.91. The Labute approximate surface area is 242 Å². The van der Waals surface area contributed by atoms with E-state index in [1.165, 1.54) is 17.7 Å². The predicted octanol–water partition coefficient (Wildman–Crippen LogP) is 7.50. The highest BCUT2D eigenvalue weighted by atomic mass is 79.9. The van der Waals surface area contributed by atoms with Crippen LogP contribution in [-0.2, 0) is 10.2 Å². The molecule has 3 aliphatic rings. The van der Waals surface area contributed by atoms with Gasteiger partial charge in [-0.25, -0.2) is 14.2 Å². The first kappa shape index (κ1) is 26.9. The summed E-state index contributed by atoms with van der Waals surface area (Å²) in [6.45, 7) is 7.05. The van der Waals surface area contributed by atoms with Crippen LogP contribution >= 0.6 is 23.3 Å². The summed E-state index contributed by atoms with van der Waals surface area (Å²) in [6.07, 6.45) is 1.98. The first-order chi connectivity index (χ1) is 19.2. The van der Waals surface area contributed by atoms with E-state index in [9.17, 15) is 10.1 Å². The molecule has 1 atom stereocenters. The van der Waals surface area contributed by atoms with Gasteiger partial charge in [0.15, 0.2) is 7.36 Å². The number of morpholine rings is 1. The minimum absolute atomic E-state index is 0.0119. The summed E-state index contributed by atoms with van der Waals surface area (Å²) in [4.78, 5) is 13.4. The fraction of sp³-hybridized carbons (Fsp3) is 0.276. The number of likely N-dealkylation sites (N-methyl/N-ethyl adjacent to an activating group) is 1. The largest absolute Gasteiger partial charge is 0.379 e. The van der Waals surface area contributed by atoms with Gasteiger partial charge in [-0.05, 0) is 45.8 Å². The molecule has 0 aliphatic carbocycles. The van der Waals surface area contributed by atoms with Gasteiger partial charge in [-0.1, -0.05) is 50.2 Å². The average molecular weight is 621 g/mol. The average Bonchev–Trinajstić information content (AvgIpc) is 3.42. The van der Waals surface area contributed by atoms with E-state index in [4.69, 9.17) is 14.6 Å². The second-order valence-corrected chi connectivity index (χ2v) is 14.0. The van der Waals surface area contributed by atoms with Gasteiger partial charge in [0.2, 0.25) is 0 Å². The molecule has 40 heavy (non-hydrogen) atoms. The van der Waals surface area contributed by atoms with E-state index in [1.54, 1.807) is 6.07 Å². The monoisotopic (exact) mass is 620 g/mol. The van der Waals surface area contributed by atoms with Crippen molar-refractivity contribution in [2.24, 2.45) is 9.85 Å². The van der Waals surface area contributed by atoms with E-state index in [0.717, 1.165) is 22.4 Å². The molecule has 3 aromatic rings. The second kappa shape index (κ2) is 10.3. The summed E-state index contributed by atoms with van der Waals surface area (Å²) < 4.78 is 16.5. The number of rotatable bonds is 4. The molecule has 0 amide bonds. The highest BCUT2D eigenvalue weighted by Gasteiger charge is 2.50. The Morgan fingerprint density at radius 2 is 1.75 bits per heavy atom. The van der Waals surface area contributed by atoms with Crippen molar-refractivity contribution < 1.29 is 9.66 Å². The second-order valence-electron chi connectivity index (χ2n) is 10.4. The zero-order valence-electron chi connectivity index (χ0n) is 22.6. The van der Waals surface area contributed by atoms with Crippen LogP contribution in [0.5, 0.6) is 0 Å². The zero-order chi connectivity index (χ0) is 28.1. The highest BCUT2D eigenvalue weighted by Crippen LogP contribution is 2.71. The van der Waals surface area contributed by atoms with Gasteiger partial charge in [0.25, 0.3) is 5.69 Å². The van der Waals surface area contributed by atoms with Crippen LogP contribution in [0.1, 0.15) is 19.4 Å². The number of allylic oxidation sites excluding steroid dienone is 2. The number of nitro groups is 1. The molecule has 3 aromatic carbocycles. The van der Waals surface area contributed by atoms with Gasteiger partial charge < -0.3 is 9.64 Å². The first-order valence-electron chi connectivity index (χ1n) is 13.1. The van der Waals surface area contributed by atoms with E-state index in [2.05, 4.69) is 87.6 Å². The van der Waals surface area contributed by atoms with E-state index in [-0.39, 0.29) is 11.1 Å². The van der Waals surface area contributed by atoms with Crippen molar-refractivity contribution in [1.29, 1.82) is 0 Å². The van der Waals surface area contributed by atoms with Crippen LogP contribution in [0.25, 0.3) is 0 Å². The van der Waals surface area contributed by atoms with Crippen LogP contribution in [0, 0.1) is 10.1 Å². The molecule has 11 heteroatoms. The molecule has 3 heterocycles. The number of nitro benzene ring substituents is 1. The minimum atomic E-state index is -2.82. The molecule has 0 N–H and O–H groups in total. The van der Waals surface area contributed by atoms with Crippen molar-refractivity contribution in [3.05, 3.63) is 104 Å². The third-order valence-corrected chi connectivity index (χ3v) is 11.9. The Morgan fingerprint density at radius 1 is 1.05 bits per heavy atom. The lowest BCUT2D eigenvalue weighted by Crippen LogP contribution is -2.38. The maximum Gasteiger partial charge on any atom is 0.270 e. The SMILES string of the molecule is CN1/C(=C2\C=NN(c3ccccc3)P2(=Nc2ccc([N+](=O)[O-])cc2Br)N2CCOCC2)C(C)(C)c2ccccc21. The maximum atomic E-state index is 11.5. The Balaban J connectivity index is 1.69. The number of para-hydroxylation sites is 2. The number of ether oxygens (including phenoxy) is 1. The molecule has 206 valence electrons. The van der Waals surface area contributed by atoms with Crippen molar-refractivity contribution >= 4 is 52.2 Å². The molecule has 1 fully saturated rings. The van der Waals surface area contributed by atoms with Gasteiger partial charge in [-0.3, -0.25) is 10.1 Å². The quantitative estimate of drug-likeness (QED) is 0.170. The van der Waals surface area contributed by atoms with Gasteiger partial charge in [0.1, 0.15) is 0 Å². The maximum absolute atomic E-state index is 11.5. The summed E-state index contributed by atoms with van der Waals surface area (Å²) in [5, 5.41) is 17.6. The number of halogens is 1. The summed E-state index contributed by atoms with van der Waals surface area (Å²) in [5.41, 5.74) is 4.86. The van der Waals surface area contributed by atoms with Crippen molar-refractivity contribution in [2.45, 2.75) is 19.3 Å². The molecule has 0 spiro atoms. The molecular formula is C29H30BrN6O3P. The van der Waals surface area contributed by atoms with Crippen LogP contribution in [0.15, 0.2) is 98.1 Å². The van der Waals surface area contributed by atoms with Crippen LogP contribution in [0.4, 0.5) is 22.7 Å². The molecule has 6 rings (SSSR count). The van der Waals surface area contributed by atoms with E-state index in [1.807, 2.05) is 24.4 Å². The van der Waals surface area contributed by atoms with Crippen molar-refractivity contribution in [3.63, 3.8) is 0 Å². The summed E-state index contributed by atoms with van der Waals surface area (Å²) >= 11 is 3.60. The minimum Gasteiger partial charge on any atom is -0.379 e. The van der Waals surface area contributed by atoms with Crippen LogP contribution < -0.4 is 9.68 Å². The van der Waals surface area contributed by atoms with Crippen molar-refractivity contribution in [2.75, 3.05) is 43.0 Å². The summed E-state index contributed by atoms with van der Waals surface area (Å²) in [7, 11) is -0.704. The first-order valence-corrected chi connectivity index (χ1v) is 15.6. The van der Waals surface area contributed by atoms with E-state index < -0.39 is 12.3 Å². The van der Waals surface area contributed by atoms with E-state index in [0.29, 0.717) is 36.5 Å². The van der Waals surface area contributed by atoms with Gasteiger partial charge in [-0.15, -0.1) is 0 Å². The fourth-order valence-corrected chi connectivity index (χ4v) is 10.3. The lowest BCUT2D eigenvalue weighted by Gasteiger charge is -2.43. The number of hydrazone groups is 1. The zero-order valence-corrected chi connectivity index (χ0v) is 25.0. The van der Waals surface area contributed by atoms with Gasteiger partial charge in [0, 0.05) is 49.1 Å². The highest BCUT2D eigenvalue weighted by molar-refractivity contribution is 9.10. The third kappa shape index (κ3) is 4.21. The van der Waals surface area contributed by atoms with Crippen LogP contribution in [-0.4, -0.2) is 49.2 Å². The summed E-state index contributed by atoms with van der Waals surface area (Å²) in [6, 6.07) is 23.4. The normalized spacial score (nSPS) is 23.9.